The Morgan fingerprint density at radius 3 is 1.63 bits per heavy atom. The van der Waals surface area contributed by atoms with E-state index in [1.165, 1.54) is 0 Å². The Labute approximate surface area is 221 Å². The van der Waals surface area contributed by atoms with E-state index in [0.29, 0.717) is 32.2 Å². The minimum Gasteiger partial charge on any atom is -0.480 e. The standard InChI is InChI=1S/C21H43N11O6/c22-8-2-1-5-12(23)16(34)30-13(6-3-9-28-20(24)25)17(35)32-15(11-33)18(36)31-14(19(37)38)7-4-10-29-21(26)27/h12-15,33H,1-11,22-23H2,(H,30,34)(H,31,36)(H,32,35)(H,37,38)(H4,24,25,28)(H4,26,27,29). The molecule has 0 rings (SSSR count). The molecule has 4 atom stereocenters. The summed E-state index contributed by atoms with van der Waals surface area (Å²) in [5.74, 6) is -3.91. The van der Waals surface area contributed by atoms with Crippen molar-refractivity contribution >= 4 is 35.6 Å². The largest absolute Gasteiger partial charge is 0.480 e. The molecule has 218 valence electrons. The van der Waals surface area contributed by atoms with Crippen LogP contribution < -0.4 is 50.4 Å². The first kappa shape index (κ1) is 34.3. The molecular weight excluding hydrogens is 502 g/mol. The van der Waals surface area contributed by atoms with Crippen molar-refractivity contribution in [1.29, 1.82) is 0 Å². The van der Waals surface area contributed by atoms with Crippen LogP contribution in [0.25, 0.3) is 0 Å². The lowest BCUT2D eigenvalue weighted by atomic mass is 10.1. The quantitative estimate of drug-likeness (QED) is 0.0389. The first-order valence-corrected chi connectivity index (χ1v) is 12.2. The molecule has 3 amide bonds. The molecule has 0 radical (unpaired) electrons. The van der Waals surface area contributed by atoms with Crippen LogP contribution in [0, 0.1) is 0 Å². The first-order chi connectivity index (χ1) is 17.9. The Bertz CT molecular complexity index is 815. The number of nitrogens with two attached hydrogens (primary N) is 6. The molecule has 0 saturated heterocycles. The first-order valence-electron chi connectivity index (χ1n) is 12.2. The van der Waals surface area contributed by atoms with Crippen molar-refractivity contribution in [2.45, 2.75) is 69.1 Å². The molecule has 38 heavy (non-hydrogen) atoms. The summed E-state index contributed by atoms with van der Waals surface area (Å²) in [7, 11) is 0. The number of nitrogens with one attached hydrogen (secondary N) is 3. The van der Waals surface area contributed by atoms with Crippen LogP contribution in [-0.2, 0) is 19.2 Å². The number of guanidine groups is 2. The van der Waals surface area contributed by atoms with Crippen LogP contribution in [0.5, 0.6) is 0 Å². The van der Waals surface area contributed by atoms with Gasteiger partial charge in [-0.3, -0.25) is 24.4 Å². The minimum atomic E-state index is -1.49. The van der Waals surface area contributed by atoms with Gasteiger partial charge in [-0.2, -0.15) is 0 Å². The maximum Gasteiger partial charge on any atom is 0.326 e. The van der Waals surface area contributed by atoms with Gasteiger partial charge in [0.05, 0.1) is 12.6 Å². The average Bonchev–Trinajstić information content (AvgIpc) is 2.85. The smallest absolute Gasteiger partial charge is 0.326 e. The van der Waals surface area contributed by atoms with Crippen molar-refractivity contribution in [3.05, 3.63) is 0 Å². The molecule has 4 unspecified atom stereocenters. The van der Waals surface area contributed by atoms with Gasteiger partial charge in [-0.1, -0.05) is 6.42 Å². The lowest BCUT2D eigenvalue weighted by Gasteiger charge is -2.24. The number of nitrogens with zero attached hydrogens (tertiary/aromatic N) is 2. The van der Waals surface area contributed by atoms with Gasteiger partial charge in [-0.15, -0.1) is 0 Å². The van der Waals surface area contributed by atoms with Crippen LogP contribution in [0.15, 0.2) is 9.98 Å². The molecule has 0 spiro atoms. The van der Waals surface area contributed by atoms with Crippen LogP contribution in [0.4, 0.5) is 0 Å². The van der Waals surface area contributed by atoms with Gasteiger partial charge in [0.15, 0.2) is 11.9 Å². The number of amides is 3. The second kappa shape index (κ2) is 19.4. The van der Waals surface area contributed by atoms with Gasteiger partial charge in [0, 0.05) is 13.1 Å². The molecule has 0 bridgehead atoms. The highest BCUT2D eigenvalue weighted by atomic mass is 16.4. The molecular formula is C21H43N11O6. The second-order valence-corrected chi connectivity index (χ2v) is 8.49. The summed E-state index contributed by atoms with van der Waals surface area (Å²) in [6.07, 6.45) is 2.29. The molecule has 0 fully saturated rings. The highest BCUT2D eigenvalue weighted by Crippen LogP contribution is 2.04. The normalized spacial score (nSPS) is 13.8. The summed E-state index contributed by atoms with van der Waals surface area (Å²) < 4.78 is 0. The van der Waals surface area contributed by atoms with Crippen molar-refractivity contribution < 1.29 is 29.4 Å². The highest BCUT2D eigenvalue weighted by Gasteiger charge is 2.29. The molecule has 0 saturated carbocycles. The van der Waals surface area contributed by atoms with Gasteiger partial charge < -0.3 is 60.6 Å². The number of carbonyl (C=O) groups is 4. The van der Waals surface area contributed by atoms with E-state index < -0.39 is 54.5 Å². The Kier molecular flexibility index (Phi) is 17.5. The maximum atomic E-state index is 12.9. The predicted octanol–water partition coefficient (Wildman–Crippen LogP) is -4.92. The fourth-order valence-electron chi connectivity index (χ4n) is 3.19. The average molecular weight is 546 g/mol. The van der Waals surface area contributed by atoms with Crippen molar-refractivity contribution in [3.8, 4) is 0 Å². The fraction of sp³-hybridized carbons (Fsp3) is 0.714. The number of carboxylic acid groups (broad SMARTS) is 1. The van der Waals surface area contributed by atoms with E-state index in [1.54, 1.807) is 0 Å². The van der Waals surface area contributed by atoms with Gasteiger partial charge >= 0.3 is 5.97 Å². The summed E-state index contributed by atoms with van der Waals surface area (Å²) >= 11 is 0. The Balaban J connectivity index is 5.30. The molecule has 17 N–H and O–H groups in total. The lowest BCUT2D eigenvalue weighted by Crippen LogP contribution is -2.58. The molecule has 0 aromatic carbocycles. The second-order valence-electron chi connectivity index (χ2n) is 8.49. The summed E-state index contributed by atoms with van der Waals surface area (Å²) in [6, 6.07) is -4.82. The number of hydrogen-bond acceptors (Lipinski definition) is 9. The van der Waals surface area contributed by atoms with E-state index in [-0.39, 0.29) is 44.3 Å². The van der Waals surface area contributed by atoms with Crippen LogP contribution >= 0.6 is 0 Å². The number of aliphatic hydroxyl groups is 1. The summed E-state index contributed by atoms with van der Waals surface area (Å²) in [5, 5.41) is 26.2. The molecule has 0 aromatic heterocycles. The zero-order valence-electron chi connectivity index (χ0n) is 21.5. The summed E-state index contributed by atoms with van der Waals surface area (Å²) in [6.45, 7) is -0.0503. The fourth-order valence-corrected chi connectivity index (χ4v) is 3.19. The van der Waals surface area contributed by atoms with E-state index in [2.05, 4.69) is 25.9 Å². The summed E-state index contributed by atoms with van der Waals surface area (Å²) in [5.41, 5.74) is 32.4. The van der Waals surface area contributed by atoms with Crippen LogP contribution in [0.1, 0.15) is 44.9 Å². The Morgan fingerprint density at radius 1 is 0.684 bits per heavy atom. The van der Waals surface area contributed by atoms with E-state index in [0.717, 1.165) is 0 Å². The zero-order chi connectivity index (χ0) is 29.1. The number of hydrogen-bond donors (Lipinski definition) is 11. The molecule has 17 heteroatoms. The SMILES string of the molecule is NCCCCC(N)C(=O)NC(CCCN=C(N)N)C(=O)NC(CO)C(=O)NC(CCCN=C(N)N)C(=O)O. The van der Waals surface area contributed by atoms with E-state index in [4.69, 9.17) is 34.4 Å². The number of aliphatic hydroxyl groups excluding tert-OH is 1. The van der Waals surface area contributed by atoms with Crippen molar-refractivity contribution in [3.63, 3.8) is 0 Å². The van der Waals surface area contributed by atoms with E-state index in [1.807, 2.05) is 0 Å². The topological polar surface area (TPSA) is 326 Å². The molecule has 0 aliphatic heterocycles. The third kappa shape index (κ3) is 15.4. The Hall–Kier alpha value is -3.70. The number of rotatable bonds is 20. The predicted molar refractivity (Wildman–Crippen MR) is 141 cm³/mol. The van der Waals surface area contributed by atoms with Gasteiger partial charge in [0.2, 0.25) is 17.7 Å². The zero-order valence-corrected chi connectivity index (χ0v) is 21.5. The summed E-state index contributed by atoms with van der Waals surface area (Å²) in [4.78, 5) is 57.2. The maximum absolute atomic E-state index is 12.9. The van der Waals surface area contributed by atoms with E-state index in [9.17, 15) is 29.4 Å². The molecule has 17 nitrogen and oxygen atoms in total. The van der Waals surface area contributed by atoms with Crippen LogP contribution in [0.2, 0.25) is 0 Å². The molecule has 0 heterocycles. The number of unbranched alkanes of at least 4 members (excludes halogenated alkanes) is 1. The van der Waals surface area contributed by atoms with Gasteiger partial charge in [0.1, 0.15) is 18.1 Å². The number of aliphatic imine (C=N–C) groups is 2. The van der Waals surface area contributed by atoms with Crippen LogP contribution in [-0.4, -0.2) is 96.2 Å². The lowest BCUT2D eigenvalue weighted by molar-refractivity contribution is -0.142. The van der Waals surface area contributed by atoms with Crippen molar-refractivity contribution in [1.82, 2.24) is 16.0 Å². The number of aliphatic carboxylic acids is 1. The number of carboxylic acids is 1. The van der Waals surface area contributed by atoms with Crippen LogP contribution in [0.3, 0.4) is 0 Å². The monoisotopic (exact) mass is 545 g/mol. The van der Waals surface area contributed by atoms with Crippen molar-refractivity contribution in [2.75, 3.05) is 26.2 Å². The third-order valence-corrected chi connectivity index (χ3v) is 5.26. The highest BCUT2D eigenvalue weighted by molar-refractivity contribution is 5.94. The van der Waals surface area contributed by atoms with E-state index >= 15 is 0 Å². The molecule has 0 aliphatic rings. The Morgan fingerprint density at radius 2 is 1.16 bits per heavy atom. The minimum absolute atomic E-state index is 0.00450. The van der Waals surface area contributed by atoms with Crippen molar-refractivity contribution in [2.24, 2.45) is 44.4 Å². The third-order valence-electron chi connectivity index (χ3n) is 5.26. The molecule has 0 aliphatic carbocycles. The van der Waals surface area contributed by atoms with Gasteiger partial charge in [-0.05, 0) is 45.1 Å². The molecule has 0 aromatic rings. The number of carbonyl (C=O) groups excluding carboxylic acids is 3. The van der Waals surface area contributed by atoms with Gasteiger partial charge in [-0.25, -0.2) is 4.79 Å². The van der Waals surface area contributed by atoms with Gasteiger partial charge in [0.25, 0.3) is 0 Å².